The van der Waals surface area contributed by atoms with Crippen LogP contribution in [0.2, 0.25) is 0 Å². The van der Waals surface area contributed by atoms with E-state index < -0.39 is 23.5 Å². The van der Waals surface area contributed by atoms with E-state index in [0.717, 1.165) is 0 Å². The number of alkyl halides is 6. The van der Waals surface area contributed by atoms with Gasteiger partial charge in [0.2, 0.25) is 5.95 Å². The maximum atomic E-state index is 13.0. The molecule has 3 rings (SSSR count). The summed E-state index contributed by atoms with van der Waals surface area (Å²) in [5, 5.41) is 4.10. The molecule has 0 saturated heterocycles. The van der Waals surface area contributed by atoms with Crippen molar-refractivity contribution < 1.29 is 26.3 Å². The molecule has 0 atom stereocenters. The van der Waals surface area contributed by atoms with Crippen LogP contribution in [0.4, 0.5) is 32.3 Å². The molecule has 2 N–H and O–H groups in total. The second kappa shape index (κ2) is 7.26. The van der Waals surface area contributed by atoms with E-state index in [1.54, 1.807) is 13.1 Å². The van der Waals surface area contributed by atoms with E-state index in [1.807, 2.05) is 0 Å². The highest BCUT2D eigenvalue weighted by Gasteiger charge is 2.36. The minimum Gasteiger partial charge on any atom is -0.368 e. The van der Waals surface area contributed by atoms with Gasteiger partial charge in [0.15, 0.2) is 0 Å². The van der Waals surface area contributed by atoms with Gasteiger partial charge in [-0.3, -0.25) is 0 Å². The molecular weight excluding hydrogens is 398 g/mol. The van der Waals surface area contributed by atoms with Gasteiger partial charge in [-0.05, 0) is 41.8 Å². The molecule has 0 fully saturated rings. The van der Waals surface area contributed by atoms with E-state index in [4.69, 9.17) is 5.73 Å². The van der Waals surface area contributed by atoms with Crippen LogP contribution in [0.15, 0.2) is 53.8 Å². The first-order valence-electron chi connectivity index (χ1n) is 8.19. The van der Waals surface area contributed by atoms with Crippen molar-refractivity contribution in [2.45, 2.75) is 19.3 Å². The number of hydrogen-bond acceptors (Lipinski definition) is 3. The first kappa shape index (κ1) is 20.4. The van der Waals surface area contributed by atoms with Crippen LogP contribution in [0.25, 0.3) is 11.1 Å². The highest BCUT2D eigenvalue weighted by molar-refractivity contribution is 5.81. The van der Waals surface area contributed by atoms with Gasteiger partial charge in [0.25, 0.3) is 0 Å². The van der Waals surface area contributed by atoms with Gasteiger partial charge in [0, 0.05) is 0 Å². The van der Waals surface area contributed by atoms with Crippen molar-refractivity contribution in [2.24, 2.45) is 5.10 Å². The van der Waals surface area contributed by atoms with E-state index in [9.17, 15) is 26.3 Å². The smallest absolute Gasteiger partial charge is 0.368 e. The molecular formula is C19H14F6N4. The zero-order valence-electron chi connectivity index (χ0n) is 14.9. The number of hydrogen-bond donors (Lipinski definition) is 1. The summed E-state index contributed by atoms with van der Waals surface area (Å²) in [6.07, 6.45) is -6.76. The molecule has 0 aliphatic heterocycles. The topological polar surface area (TPSA) is 56.2 Å². The maximum absolute atomic E-state index is 13.0. The Morgan fingerprint density at radius 2 is 1.45 bits per heavy atom. The largest absolute Gasteiger partial charge is 0.416 e. The monoisotopic (exact) mass is 412 g/mol. The van der Waals surface area contributed by atoms with Gasteiger partial charge in [0.05, 0.1) is 29.2 Å². The van der Waals surface area contributed by atoms with Crippen molar-refractivity contribution in [3.63, 3.8) is 0 Å². The normalized spacial score (nSPS) is 12.7. The SMILES string of the molecule is Cc1cn(N=Cc2ccc(-c3cc(C(F)(F)F)cc(C(F)(F)F)c3)cc2)c(N)n1. The Kier molecular flexibility index (Phi) is 5.12. The molecule has 0 amide bonds. The van der Waals surface area contributed by atoms with Crippen molar-refractivity contribution in [1.29, 1.82) is 0 Å². The number of halogens is 6. The van der Waals surface area contributed by atoms with Crippen LogP contribution < -0.4 is 5.73 Å². The third-order valence-electron chi connectivity index (χ3n) is 4.00. The number of aromatic nitrogens is 2. The molecule has 29 heavy (non-hydrogen) atoms. The van der Waals surface area contributed by atoms with Crippen molar-refractivity contribution in [3.05, 3.63) is 71.0 Å². The van der Waals surface area contributed by atoms with Crippen LogP contribution in [0.1, 0.15) is 22.4 Å². The average Bonchev–Trinajstić information content (AvgIpc) is 2.96. The van der Waals surface area contributed by atoms with Crippen LogP contribution in [0, 0.1) is 6.92 Å². The number of imidazole rings is 1. The van der Waals surface area contributed by atoms with Crippen molar-refractivity contribution >= 4 is 12.2 Å². The first-order chi connectivity index (χ1) is 13.4. The summed E-state index contributed by atoms with van der Waals surface area (Å²) >= 11 is 0. The number of anilines is 1. The molecule has 0 aliphatic carbocycles. The molecule has 0 saturated carbocycles. The summed E-state index contributed by atoms with van der Waals surface area (Å²) in [7, 11) is 0. The lowest BCUT2D eigenvalue weighted by Crippen LogP contribution is -2.11. The summed E-state index contributed by atoms with van der Waals surface area (Å²) in [5.41, 5.74) is 4.19. The van der Waals surface area contributed by atoms with E-state index >= 15 is 0 Å². The summed E-state index contributed by atoms with van der Waals surface area (Å²) < 4.78 is 79.4. The van der Waals surface area contributed by atoms with Gasteiger partial charge in [0.1, 0.15) is 0 Å². The number of benzene rings is 2. The lowest BCUT2D eigenvalue weighted by molar-refractivity contribution is -0.143. The van der Waals surface area contributed by atoms with Crippen LogP contribution in [-0.2, 0) is 12.4 Å². The molecule has 0 radical (unpaired) electrons. The molecule has 3 aromatic rings. The summed E-state index contributed by atoms with van der Waals surface area (Å²) in [6.45, 7) is 1.74. The summed E-state index contributed by atoms with van der Waals surface area (Å²) in [4.78, 5) is 3.98. The van der Waals surface area contributed by atoms with Crippen LogP contribution in [-0.4, -0.2) is 15.9 Å². The quantitative estimate of drug-likeness (QED) is 0.465. The predicted octanol–water partition coefficient (Wildman–Crippen LogP) is 5.36. The van der Waals surface area contributed by atoms with Gasteiger partial charge in [-0.2, -0.15) is 31.4 Å². The Balaban J connectivity index is 1.94. The van der Waals surface area contributed by atoms with E-state index in [2.05, 4.69) is 10.1 Å². The standard InChI is InChI=1S/C19H14F6N4/c1-11-10-29(17(26)28-11)27-9-12-2-4-13(5-3-12)14-6-15(18(20,21)22)8-16(7-14)19(23,24)25/h2-10H,1H3,(H2,26,28). The first-order valence-corrected chi connectivity index (χ1v) is 8.19. The fourth-order valence-corrected chi connectivity index (χ4v) is 2.61. The lowest BCUT2D eigenvalue weighted by atomic mass is 9.98. The fourth-order valence-electron chi connectivity index (χ4n) is 2.61. The zero-order valence-corrected chi connectivity index (χ0v) is 14.9. The number of aryl methyl sites for hydroxylation is 1. The number of nitrogens with zero attached hydrogens (tertiary/aromatic N) is 3. The predicted molar refractivity (Wildman–Crippen MR) is 96.3 cm³/mol. The summed E-state index contributed by atoms with van der Waals surface area (Å²) in [6, 6.07) is 7.35. The van der Waals surface area contributed by atoms with Crippen molar-refractivity contribution in [3.8, 4) is 11.1 Å². The average molecular weight is 412 g/mol. The molecule has 152 valence electrons. The van der Waals surface area contributed by atoms with E-state index in [1.165, 1.54) is 35.2 Å². The Morgan fingerprint density at radius 1 is 0.897 bits per heavy atom. The van der Waals surface area contributed by atoms with Gasteiger partial charge in [-0.15, -0.1) is 0 Å². The Labute approximate surface area is 161 Å². The molecule has 0 unspecified atom stereocenters. The Morgan fingerprint density at radius 3 is 1.90 bits per heavy atom. The molecule has 1 heterocycles. The maximum Gasteiger partial charge on any atom is 0.416 e. The Bertz CT molecular complexity index is 1010. The minimum absolute atomic E-state index is 0.0992. The van der Waals surface area contributed by atoms with Crippen molar-refractivity contribution in [2.75, 3.05) is 5.73 Å². The number of nitrogen functional groups attached to an aromatic ring is 1. The highest BCUT2D eigenvalue weighted by Crippen LogP contribution is 2.38. The lowest BCUT2D eigenvalue weighted by Gasteiger charge is -2.14. The molecule has 1 aromatic heterocycles. The molecule has 0 aliphatic rings. The minimum atomic E-state index is -4.90. The number of nitrogens with two attached hydrogens (primary N) is 1. The van der Waals surface area contributed by atoms with Gasteiger partial charge >= 0.3 is 12.4 Å². The molecule has 10 heteroatoms. The van der Waals surface area contributed by atoms with Gasteiger partial charge in [-0.25, -0.2) is 9.66 Å². The molecule has 0 spiro atoms. The molecule has 2 aromatic carbocycles. The third kappa shape index (κ3) is 4.76. The van der Waals surface area contributed by atoms with Crippen LogP contribution >= 0.6 is 0 Å². The zero-order chi connectivity index (χ0) is 21.4. The molecule has 0 bridgehead atoms. The second-order valence-electron chi connectivity index (χ2n) is 6.25. The molecule has 4 nitrogen and oxygen atoms in total. The van der Waals surface area contributed by atoms with Crippen LogP contribution in [0.3, 0.4) is 0 Å². The highest BCUT2D eigenvalue weighted by atomic mass is 19.4. The number of rotatable bonds is 3. The summed E-state index contributed by atoms with van der Waals surface area (Å²) in [5.74, 6) is 0.180. The van der Waals surface area contributed by atoms with E-state index in [-0.39, 0.29) is 23.1 Å². The van der Waals surface area contributed by atoms with E-state index in [0.29, 0.717) is 23.4 Å². The van der Waals surface area contributed by atoms with Gasteiger partial charge in [-0.1, -0.05) is 24.3 Å². The Hall–Kier alpha value is -3.30. The van der Waals surface area contributed by atoms with Crippen molar-refractivity contribution in [1.82, 2.24) is 9.66 Å². The third-order valence-corrected chi connectivity index (χ3v) is 4.00. The van der Waals surface area contributed by atoms with Gasteiger partial charge < -0.3 is 5.73 Å². The second-order valence-corrected chi connectivity index (χ2v) is 6.25. The van der Waals surface area contributed by atoms with Crippen LogP contribution in [0.5, 0.6) is 0 Å². The fraction of sp³-hybridized carbons (Fsp3) is 0.158.